The Morgan fingerprint density at radius 1 is 1.18 bits per heavy atom. The minimum Gasteiger partial charge on any atom is -0.497 e. The van der Waals surface area contributed by atoms with Crippen LogP contribution in [0.3, 0.4) is 0 Å². The topological polar surface area (TPSA) is 66.4 Å². The molecule has 1 fully saturated rings. The van der Waals surface area contributed by atoms with Gasteiger partial charge in [0.25, 0.3) is 0 Å². The summed E-state index contributed by atoms with van der Waals surface area (Å²) >= 11 is 0. The van der Waals surface area contributed by atoms with E-state index in [9.17, 15) is 0 Å². The smallest absolute Gasteiger partial charge is 0.247 e. The van der Waals surface area contributed by atoms with Crippen molar-refractivity contribution in [2.75, 3.05) is 50.6 Å². The minimum atomic E-state index is 0.668. The molecule has 1 aliphatic heterocycles. The molecule has 1 aliphatic rings. The average molecular weight is 300 g/mol. The van der Waals surface area contributed by atoms with Crippen LogP contribution < -0.4 is 15.0 Å². The molecule has 1 aromatic carbocycles. The molecule has 3 rings (SSSR count). The molecule has 0 amide bonds. The first kappa shape index (κ1) is 14.5. The second kappa shape index (κ2) is 6.57. The van der Waals surface area contributed by atoms with Crippen LogP contribution in [-0.2, 0) is 0 Å². The molecule has 116 valence electrons. The quantitative estimate of drug-likeness (QED) is 0.915. The van der Waals surface area contributed by atoms with E-state index in [-0.39, 0.29) is 0 Å². The van der Waals surface area contributed by atoms with Gasteiger partial charge in [-0.3, -0.25) is 0 Å². The van der Waals surface area contributed by atoms with Gasteiger partial charge < -0.3 is 19.9 Å². The molecule has 22 heavy (non-hydrogen) atoms. The summed E-state index contributed by atoms with van der Waals surface area (Å²) in [6, 6.07) is 7.70. The van der Waals surface area contributed by atoms with Gasteiger partial charge in [-0.1, -0.05) is 6.07 Å². The summed E-state index contributed by atoms with van der Waals surface area (Å²) in [4.78, 5) is 9.00. The van der Waals surface area contributed by atoms with Crippen molar-refractivity contribution in [3.63, 3.8) is 0 Å². The number of anilines is 3. The Morgan fingerprint density at radius 2 is 2.00 bits per heavy atom. The van der Waals surface area contributed by atoms with Crippen LogP contribution in [0.4, 0.5) is 17.5 Å². The number of hydrogen-bond donors (Lipinski definition) is 1. The van der Waals surface area contributed by atoms with Crippen molar-refractivity contribution in [2.24, 2.45) is 0 Å². The number of aromatic nitrogens is 3. The van der Waals surface area contributed by atoms with E-state index in [1.165, 1.54) is 0 Å². The van der Waals surface area contributed by atoms with E-state index >= 15 is 0 Å². The molecule has 0 atom stereocenters. The van der Waals surface area contributed by atoms with Crippen molar-refractivity contribution in [3.05, 3.63) is 30.5 Å². The first-order valence-electron chi connectivity index (χ1n) is 7.29. The summed E-state index contributed by atoms with van der Waals surface area (Å²) in [6.45, 7) is 3.86. The summed E-state index contributed by atoms with van der Waals surface area (Å²) in [5.41, 5.74) is 0.907. The first-order valence-corrected chi connectivity index (χ1v) is 7.29. The van der Waals surface area contributed by atoms with Crippen molar-refractivity contribution in [2.45, 2.75) is 0 Å². The normalized spacial score (nSPS) is 15.6. The number of piperazine rings is 1. The maximum absolute atomic E-state index is 5.22. The molecule has 1 N–H and O–H groups in total. The lowest BCUT2D eigenvalue weighted by Gasteiger charge is -2.32. The Labute approximate surface area is 129 Å². The number of nitrogens with one attached hydrogen (secondary N) is 1. The van der Waals surface area contributed by atoms with E-state index in [4.69, 9.17) is 4.74 Å². The molecule has 7 nitrogen and oxygen atoms in total. The zero-order valence-corrected chi connectivity index (χ0v) is 12.9. The first-order chi connectivity index (χ1) is 10.7. The van der Waals surface area contributed by atoms with Crippen LogP contribution in [0.15, 0.2) is 30.5 Å². The van der Waals surface area contributed by atoms with Gasteiger partial charge in [0.15, 0.2) is 5.82 Å². The number of nitrogens with zero attached hydrogens (tertiary/aromatic N) is 5. The van der Waals surface area contributed by atoms with E-state index in [0.29, 0.717) is 11.8 Å². The molecule has 1 saturated heterocycles. The summed E-state index contributed by atoms with van der Waals surface area (Å²) in [6.07, 6.45) is 1.62. The Bertz CT molecular complexity index is 627. The molecule has 2 heterocycles. The number of ether oxygens (including phenoxy) is 1. The van der Waals surface area contributed by atoms with E-state index in [0.717, 1.165) is 37.6 Å². The highest BCUT2D eigenvalue weighted by Gasteiger charge is 2.17. The highest BCUT2D eigenvalue weighted by Crippen LogP contribution is 2.20. The van der Waals surface area contributed by atoms with Crippen LogP contribution in [0.5, 0.6) is 5.75 Å². The lowest BCUT2D eigenvalue weighted by atomic mass is 10.3. The molecular weight excluding hydrogens is 280 g/mol. The molecule has 0 unspecified atom stereocenters. The van der Waals surface area contributed by atoms with E-state index in [1.54, 1.807) is 13.3 Å². The highest BCUT2D eigenvalue weighted by molar-refractivity contribution is 5.58. The number of likely N-dealkylation sites (N-methyl/N-ethyl adjacent to an activating group) is 1. The van der Waals surface area contributed by atoms with Gasteiger partial charge >= 0.3 is 0 Å². The molecule has 1 aromatic heterocycles. The second-order valence-corrected chi connectivity index (χ2v) is 5.29. The van der Waals surface area contributed by atoms with Gasteiger partial charge in [0.05, 0.1) is 13.3 Å². The van der Waals surface area contributed by atoms with Crippen molar-refractivity contribution >= 4 is 17.5 Å². The third-order valence-electron chi connectivity index (χ3n) is 3.68. The summed E-state index contributed by atoms with van der Waals surface area (Å²) < 4.78 is 5.22. The average Bonchev–Trinajstić information content (AvgIpc) is 2.56. The zero-order chi connectivity index (χ0) is 15.4. The van der Waals surface area contributed by atoms with Crippen molar-refractivity contribution in [3.8, 4) is 5.75 Å². The van der Waals surface area contributed by atoms with Gasteiger partial charge in [-0.25, -0.2) is 0 Å². The molecule has 0 saturated carbocycles. The van der Waals surface area contributed by atoms with Crippen LogP contribution in [0.2, 0.25) is 0 Å². The summed E-state index contributed by atoms with van der Waals surface area (Å²) in [7, 11) is 3.77. The number of rotatable bonds is 4. The molecule has 7 heteroatoms. The molecule has 2 aromatic rings. The summed E-state index contributed by atoms with van der Waals surface area (Å²) in [5.74, 6) is 2.14. The third-order valence-corrected chi connectivity index (χ3v) is 3.68. The number of hydrogen-bond acceptors (Lipinski definition) is 7. The zero-order valence-electron chi connectivity index (χ0n) is 12.9. The predicted octanol–water partition coefficient (Wildman–Crippen LogP) is 1.38. The molecular formula is C15H20N6O. The van der Waals surface area contributed by atoms with Crippen molar-refractivity contribution < 1.29 is 4.74 Å². The summed E-state index contributed by atoms with van der Waals surface area (Å²) in [5, 5.41) is 11.4. The Kier molecular flexibility index (Phi) is 4.34. The maximum Gasteiger partial charge on any atom is 0.247 e. The van der Waals surface area contributed by atoms with Gasteiger partial charge in [0.1, 0.15) is 5.75 Å². The predicted molar refractivity (Wildman–Crippen MR) is 85.8 cm³/mol. The SMILES string of the molecule is COc1cccc(Nc2cnnc(N3CCN(C)CC3)n2)c1. The van der Waals surface area contributed by atoms with Gasteiger partial charge in [0.2, 0.25) is 5.95 Å². The van der Waals surface area contributed by atoms with Gasteiger partial charge in [-0.2, -0.15) is 10.1 Å². The second-order valence-electron chi connectivity index (χ2n) is 5.29. The van der Waals surface area contributed by atoms with Crippen molar-refractivity contribution in [1.29, 1.82) is 0 Å². The Balaban J connectivity index is 1.73. The van der Waals surface area contributed by atoms with Crippen LogP contribution in [0, 0.1) is 0 Å². The fourth-order valence-corrected chi connectivity index (χ4v) is 2.34. The standard InChI is InChI=1S/C15H20N6O/c1-20-6-8-21(9-7-20)15-18-14(11-16-19-15)17-12-4-3-5-13(10-12)22-2/h3-5,10-11H,6-9H2,1-2H3,(H,17,18,19). The lowest BCUT2D eigenvalue weighted by Crippen LogP contribution is -2.45. The van der Waals surface area contributed by atoms with E-state index in [2.05, 4.69) is 37.3 Å². The van der Waals surface area contributed by atoms with Crippen LogP contribution in [0.1, 0.15) is 0 Å². The lowest BCUT2D eigenvalue weighted by molar-refractivity contribution is 0.311. The highest BCUT2D eigenvalue weighted by atomic mass is 16.5. The van der Waals surface area contributed by atoms with E-state index < -0.39 is 0 Å². The molecule has 0 aliphatic carbocycles. The molecule has 0 bridgehead atoms. The van der Waals surface area contributed by atoms with Gasteiger partial charge in [-0.05, 0) is 19.2 Å². The monoisotopic (exact) mass is 300 g/mol. The largest absolute Gasteiger partial charge is 0.497 e. The Morgan fingerprint density at radius 3 is 2.77 bits per heavy atom. The number of methoxy groups -OCH3 is 1. The molecule has 0 spiro atoms. The minimum absolute atomic E-state index is 0.668. The van der Waals surface area contributed by atoms with Gasteiger partial charge in [-0.15, -0.1) is 5.10 Å². The van der Waals surface area contributed by atoms with Crippen LogP contribution in [-0.4, -0.2) is 60.4 Å². The third kappa shape index (κ3) is 3.43. The van der Waals surface area contributed by atoms with Gasteiger partial charge in [0, 0.05) is 37.9 Å². The van der Waals surface area contributed by atoms with Crippen LogP contribution >= 0.6 is 0 Å². The number of benzene rings is 1. The molecule has 0 radical (unpaired) electrons. The fraction of sp³-hybridized carbons (Fsp3) is 0.400. The van der Waals surface area contributed by atoms with E-state index in [1.807, 2.05) is 24.3 Å². The van der Waals surface area contributed by atoms with Crippen molar-refractivity contribution in [1.82, 2.24) is 20.1 Å². The Hall–Kier alpha value is -2.41. The van der Waals surface area contributed by atoms with Crippen LogP contribution in [0.25, 0.3) is 0 Å². The fourth-order valence-electron chi connectivity index (χ4n) is 2.34. The maximum atomic E-state index is 5.22.